The molecule has 0 saturated carbocycles. The molecular formula is C12H19NO. The predicted molar refractivity (Wildman–Crippen MR) is 60.0 cm³/mol. The van der Waals surface area contributed by atoms with Crippen molar-refractivity contribution in [2.24, 2.45) is 0 Å². The minimum absolute atomic E-state index is 0.319. The van der Waals surface area contributed by atoms with E-state index in [0.717, 1.165) is 24.1 Å². The number of para-hydroxylation sites is 1. The summed E-state index contributed by atoms with van der Waals surface area (Å²) in [6.07, 6.45) is 2.58. The second-order valence-electron chi connectivity index (χ2n) is 3.61. The molecular weight excluding hydrogens is 174 g/mol. The Morgan fingerprint density at radius 3 is 2.71 bits per heavy atom. The summed E-state index contributed by atoms with van der Waals surface area (Å²) in [5.41, 5.74) is 7.70. The molecule has 1 aromatic carbocycles. The molecule has 2 nitrogen and oxygen atoms in total. The molecule has 0 radical (unpaired) electrons. The van der Waals surface area contributed by atoms with E-state index >= 15 is 0 Å². The van der Waals surface area contributed by atoms with Crippen LogP contribution in [0.5, 0.6) is 0 Å². The molecule has 14 heavy (non-hydrogen) atoms. The molecule has 2 N–H and O–H groups in total. The molecule has 0 aromatic heterocycles. The largest absolute Gasteiger partial charge is 0.398 e. The summed E-state index contributed by atoms with van der Waals surface area (Å²) >= 11 is 0. The van der Waals surface area contributed by atoms with Crippen LogP contribution in [0.25, 0.3) is 0 Å². The molecule has 0 aliphatic carbocycles. The van der Waals surface area contributed by atoms with Crippen LogP contribution in [0.3, 0.4) is 0 Å². The van der Waals surface area contributed by atoms with E-state index in [0.29, 0.717) is 12.7 Å². The second kappa shape index (κ2) is 5.66. The minimum atomic E-state index is 0.319. The lowest BCUT2D eigenvalue weighted by Crippen LogP contribution is -2.08. The predicted octanol–water partition coefficient (Wildman–Crippen LogP) is 2.97. The molecule has 0 heterocycles. The van der Waals surface area contributed by atoms with Crippen LogP contribution in [0.15, 0.2) is 24.3 Å². The van der Waals surface area contributed by atoms with Crippen molar-refractivity contribution in [2.45, 2.75) is 39.4 Å². The van der Waals surface area contributed by atoms with Crippen molar-refractivity contribution < 1.29 is 4.74 Å². The van der Waals surface area contributed by atoms with Crippen molar-refractivity contribution >= 4 is 5.69 Å². The Kier molecular flexibility index (Phi) is 4.47. The van der Waals surface area contributed by atoms with Crippen molar-refractivity contribution in [3.63, 3.8) is 0 Å². The molecule has 1 rings (SSSR count). The van der Waals surface area contributed by atoms with E-state index in [4.69, 9.17) is 10.5 Å². The summed E-state index contributed by atoms with van der Waals surface area (Å²) in [6.45, 7) is 4.88. The van der Waals surface area contributed by atoms with Gasteiger partial charge in [-0.15, -0.1) is 0 Å². The van der Waals surface area contributed by atoms with E-state index in [2.05, 4.69) is 13.8 Å². The van der Waals surface area contributed by atoms with Crippen molar-refractivity contribution in [1.82, 2.24) is 0 Å². The standard InChI is InChI=1S/C12H19NO/c1-3-6-10(2)14-9-11-7-4-5-8-12(11)13/h4-5,7-8,10H,3,6,9,13H2,1-2H3. The molecule has 0 fully saturated rings. The van der Waals surface area contributed by atoms with Crippen LogP contribution in [0.1, 0.15) is 32.3 Å². The second-order valence-corrected chi connectivity index (χ2v) is 3.61. The van der Waals surface area contributed by atoms with E-state index in [-0.39, 0.29) is 0 Å². The quantitative estimate of drug-likeness (QED) is 0.730. The Bertz CT molecular complexity index is 273. The van der Waals surface area contributed by atoms with Crippen LogP contribution in [0.4, 0.5) is 5.69 Å². The summed E-state index contributed by atoms with van der Waals surface area (Å²) in [5, 5.41) is 0. The van der Waals surface area contributed by atoms with Gasteiger partial charge in [-0.1, -0.05) is 31.5 Å². The van der Waals surface area contributed by atoms with Crippen LogP contribution in [-0.2, 0) is 11.3 Å². The molecule has 0 saturated heterocycles. The van der Waals surface area contributed by atoms with E-state index < -0.39 is 0 Å². The minimum Gasteiger partial charge on any atom is -0.398 e. The Morgan fingerprint density at radius 2 is 2.07 bits per heavy atom. The normalized spacial score (nSPS) is 12.7. The Labute approximate surface area is 86.1 Å². The Balaban J connectivity index is 2.41. The molecule has 0 bridgehead atoms. The summed E-state index contributed by atoms with van der Waals surface area (Å²) in [5.74, 6) is 0. The highest BCUT2D eigenvalue weighted by Gasteiger charge is 2.02. The van der Waals surface area contributed by atoms with Crippen molar-refractivity contribution in [1.29, 1.82) is 0 Å². The number of hydrogen-bond donors (Lipinski definition) is 1. The highest BCUT2D eigenvalue weighted by atomic mass is 16.5. The molecule has 1 aromatic rings. The lowest BCUT2D eigenvalue weighted by molar-refractivity contribution is 0.0475. The molecule has 0 amide bonds. The zero-order chi connectivity index (χ0) is 10.4. The van der Waals surface area contributed by atoms with Gasteiger partial charge in [-0.25, -0.2) is 0 Å². The van der Waals surface area contributed by atoms with E-state index in [1.54, 1.807) is 0 Å². The van der Waals surface area contributed by atoms with Gasteiger partial charge in [0.25, 0.3) is 0 Å². The monoisotopic (exact) mass is 193 g/mol. The molecule has 78 valence electrons. The maximum Gasteiger partial charge on any atom is 0.0740 e. The first-order valence-corrected chi connectivity index (χ1v) is 5.19. The highest BCUT2D eigenvalue weighted by Crippen LogP contribution is 2.13. The summed E-state index contributed by atoms with van der Waals surface area (Å²) < 4.78 is 5.67. The number of hydrogen-bond acceptors (Lipinski definition) is 2. The molecule has 1 unspecified atom stereocenters. The topological polar surface area (TPSA) is 35.2 Å². The summed E-state index contributed by atoms with van der Waals surface area (Å²) in [6, 6.07) is 7.84. The lowest BCUT2D eigenvalue weighted by Gasteiger charge is -2.12. The zero-order valence-corrected chi connectivity index (χ0v) is 8.99. The third-order valence-corrected chi connectivity index (χ3v) is 2.27. The molecule has 0 aliphatic rings. The lowest BCUT2D eigenvalue weighted by atomic mass is 10.2. The number of nitrogen functional groups attached to an aromatic ring is 1. The van der Waals surface area contributed by atoms with Crippen LogP contribution in [-0.4, -0.2) is 6.10 Å². The fraction of sp³-hybridized carbons (Fsp3) is 0.500. The summed E-state index contributed by atoms with van der Waals surface area (Å²) in [7, 11) is 0. The van der Waals surface area contributed by atoms with Gasteiger partial charge in [-0.05, 0) is 19.4 Å². The molecule has 2 heteroatoms. The van der Waals surface area contributed by atoms with Gasteiger partial charge in [0.1, 0.15) is 0 Å². The van der Waals surface area contributed by atoms with Gasteiger partial charge < -0.3 is 10.5 Å². The fourth-order valence-electron chi connectivity index (χ4n) is 1.39. The van der Waals surface area contributed by atoms with Crippen LogP contribution in [0.2, 0.25) is 0 Å². The van der Waals surface area contributed by atoms with Crippen molar-refractivity contribution in [3.8, 4) is 0 Å². The van der Waals surface area contributed by atoms with Gasteiger partial charge in [0.2, 0.25) is 0 Å². The number of anilines is 1. The molecule has 0 aliphatic heterocycles. The Hall–Kier alpha value is -1.02. The van der Waals surface area contributed by atoms with Gasteiger partial charge in [0, 0.05) is 11.3 Å². The van der Waals surface area contributed by atoms with Gasteiger partial charge in [0.05, 0.1) is 12.7 Å². The first kappa shape index (κ1) is 11.1. The average molecular weight is 193 g/mol. The van der Waals surface area contributed by atoms with Gasteiger partial charge in [-0.2, -0.15) is 0 Å². The van der Waals surface area contributed by atoms with Gasteiger partial charge >= 0.3 is 0 Å². The SMILES string of the molecule is CCCC(C)OCc1ccccc1N. The first-order valence-electron chi connectivity index (χ1n) is 5.19. The van der Waals surface area contributed by atoms with Crippen molar-refractivity contribution in [2.75, 3.05) is 5.73 Å². The third kappa shape index (κ3) is 3.38. The number of nitrogens with two attached hydrogens (primary N) is 1. The smallest absolute Gasteiger partial charge is 0.0740 e. The van der Waals surface area contributed by atoms with Crippen LogP contribution < -0.4 is 5.73 Å². The number of benzene rings is 1. The van der Waals surface area contributed by atoms with E-state index in [1.807, 2.05) is 24.3 Å². The molecule has 0 spiro atoms. The highest BCUT2D eigenvalue weighted by molar-refractivity contribution is 5.45. The summed E-state index contributed by atoms with van der Waals surface area (Å²) in [4.78, 5) is 0. The maximum atomic E-state index is 5.80. The Morgan fingerprint density at radius 1 is 1.36 bits per heavy atom. The van der Waals surface area contributed by atoms with Crippen molar-refractivity contribution in [3.05, 3.63) is 29.8 Å². The number of rotatable bonds is 5. The van der Waals surface area contributed by atoms with E-state index in [9.17, 15) is 0 Å². The molecule has 1 atom stereocenters. The van der Waals surface area contributed by atoms with E-state index in [1.165, 1.54) is 0 Å². The zero-order valence-electron chi connectivity index (χ0n) is 8.99. The maximum absolute atomic E-state index is 5.80. The van der Waals surface area contributed by atoms with Crippen LogP contribution >= 0.6 is 0 Å². The third-order valence-electron chi connectivity index (χ3n) is 2.27. The van der Waals surface area contributed by atoms with Gasteiger partial charge in [0.15, 0.2) is 0 Å². The number of ether oxygens (including phenoxy) is 1. The van der Waals surface area contributed by atoms with Crippen LogP contribution in [0, 0.1) is 0 Å². The fourth-order valence-corrected chi connectivity index (χ4v) is 1.39. The van der Waals surface area contributed by atoms with Gasteiger partial charge in [-0.3, -0.25) is 0 Å². The average Bonchev–Trinajstić information content (AvgIpc) is 2.17. The first-order chi connectivity index (χ1) is 6.74.